The summed E-state index contributed by atoms with van der Waals surface area (Å²) in [7, 11) is 1.56. The van der Waals surface area contributed by atoms with E-state index >= 15 is 0 Å². The van der Waals surface area contributed by atoms with E-state index < -0.39 is 0 Å². The highest BCUT2D eigenvalue weighted by Crippen LogP contribution is 2.27. The number of ether oxygens (including phenoxy) is 1. The van der Waals surface area contributed by atoms with Gasteiger partial charge in [-0.15, -0.1) is 0 Å². The first-order valence-corrected chi connectivity index (χ1v) is 9.57. The summed E-state index contributed by atoms with van der Waals surface area (Å²) in [5.41, 5.74) is 3.18. The lowest BCUT2D eigenvalue weighted by Crippen LogP contribution is -2.34. The molecule has 2 amide bonds. The molecule has 6 heteroatoms. The van der Waals surface area contributed by atoms with Gasteiger partial charge in [-0.25, -0.2) is 4.79 Å². The average molecular weight is 388 g/mol. The molecule has 0 aromatic heterocycles. The molecule has 1 atom stereocenters. The lowest BCUT2D eigenvalue weighted by Gasteiger charge is -2.17. The molecule has 0 aliphatic carbocycles. The van der Waals surface area contributed by atoms with Crippen LogP contribution in [0.2, 0.25) is 5.02 Å². The predicted molar refractivity (Wildman–Crippen MR) is 110 cm³/mol. The fourth-order valence-electron chi connectivity index (χ4n) is 3.36. The standard InChI is InChI=1S/C21H26ClN3O2/c1-15-3-5-16(6-4-15)13-25-10-9-17(14-25)12-23-21(26)24-19-11-18(22)7-8-20(19)27-2/h3-8,11,17H,9-10,12-14H2,1-2H3,(H2,23,24,26)/t17-/m1/s1. The molecule has 27 heavy (non-hydrogen) atoms. The monoisotopic (exact) mass is 387 g/mol. The highest BCUT2D eigenvalue weighted by atomic mass is 35.5. The van der Waals surface area contributed by atoms with Crippen LogP contribution >= 0.6 is 11.6 Å². The maximum Gasteiger partial charge on any atom is 0.319 e. The van der Waals surface area contributed by atoms with E-state index in [2.05, 4.69) is 46.7 Å². The van der Waals surface area contributed by atoms with E-state index in [1.165, 1.54) is 11.1 Å². The number of nitrogens with zero attached hydrogens (tertiary/aromatic N) is 1. The van der Waals surface area contributed by atoms with Crippen LogP contribution in [0.15, 0.2) is 42.5 Å². The Morgan fingerprint density at radius 3 is 2.78 bits per heavy atom. The number of carbonyl (C=O) groups is 1. The van der Waals surface area contributed by atoms with Crippen LogP contribution < -0.4 is 15.4 Å². The molecule has 2 aromatic carbocycles. The van der Waals surface area contributed by atoms with Gasteiger partial charge in [0, 0.05) is 24.7 Å². The zero-order chi connectivity index (χ0) is 19.2. The van der Waals surface area contributed by atoms with Gasteiger partial charge in [0.1, 0.15) is 5.75 Å². The second-order valence-electron chi connectivity index (χ2n) is 7.06. The van der Waals surface area contributed by atoms with Crippen molar-refractivity contribution in [2.24, 2.45) is 5.92 Å². The van der Waals surface area contributed by atoms with Crippen molar-refractivity contribution in [1.29, 1.82) is 0 Å². The van der Waals surface area contributed by atoms with Crippen LogP contribution in [0, 0.1) is 12.8 Å². The van der Waals surface area contributed by atoms with Crippen molar-refractivity contribution in [3.8, 4) is 5.75 Å². The maximum atomic E-state index is 12.2. The lowest BCUT2D eigenvalue weighted by molar-refractivity contribution is 0.249. The number of urea groups is 1. The van der Waals surface area contributed by atoms with E-state index in [0.717, 1.165) is 26.1 Å². The molecule has 0 spiro atoms. The Bertz CT molecular complexity index is 779. The van der Waals surface area contributed by atoms with Crippen molar-refractivity contribution in [3.63, 3.8) is 0 Å². The minimum Gasteiger partial charge on any atom is -0.495 e. The Hall–Kier alpha value is -2.24. The van der Waals surface area contributed by atoms with E-state index in [4.69, 9.17) is 16.3 Å². The van der Waals surface area contributed by atoms with Gasteiger partial charge >= 0.3 is 6.03 Å². The molecule has 5 nitrogen and oxygen atoms in total. The SMILES string of the molecule is COc1ccc(Cl)cc1NC(=O)NC[C@H]1CCN(Cc2ccc(C)cc2)C1. The number of rotatable bonds is 6. The molecule has 144 valence electrons. The summed E-state index contributed by atoms with van der Waals surface area (Å²) in [5.74, 6) is 1.04. The van der Waals surface area contributed by atoms with Gasteiger partial charge in [-0.05, 0) is 49.6 Å². The fraction of sp³-hybridized carbons (Fsp3) is 0.381. The number of benzene rings is 2. The highest BCUT2D eigenvalue weighted by molar-refractivity contribution is 6.31. The molecule has 1 aliphatic rings. The lowest BCUT2D eigenvalue weighted by atomic mass is 10.1. The molecule has 1 fully saturated rings. The minimum absolute atomic E-state index is 0.243. The van der Waals surface area contributed by atoms with Crippen LogP contribution in [0.1, 0.15) is 17.5 Å². The van der Waals surface area contributed by atoms with Crippen LogP contribution in [0.3, 0.4) is 0 Å². The molecule has 2 N–H and O–H groups in total. The summed E-state index contributed by atoms with van der Waals surface area (Å²) in [6.07, 6.45) is 1.09. The number of anilines is 1. The molecule has 1 saturated heterocycles. The van der Waals surface area contributed by atoms with Gasteiger partial charge in [0.25, 0.3) is 0 Å². The van der Waals surface area contributed by atoms with Crippen molar-refractivity contribution in [3.05, 3.63) is 58.6 Å². The number of carbonyl (C=O) groups excluding carboxylic acids is 1. The fourth-order valence-corrected chi connectivity index (χ4v) is 3.53. The van der Waals surface area contributed by atoms with E-state index in [-0.39, 0.29) is 6.03 Å². The summed E-state index contributed by atoms with van der Waals surface area (Å²) in [6, 6.07) is 13.6. The number of aryl methyl sites for hydroxylation is 1. The third-order valence-electron chi connectivity index (χ3n) is 4.86. The van der Waals surface area contributed by atoms with Gasteiger partial charge in [-0.1, -0.05) is 41.4 Å². The Labute approximate surface area is 165 Å². The quantitative estimate of drug-likeness (QED) is 0.776. The second-order valence-corrected chi connectivity index (χ2v) is 7.49. The molecule has 0 bridgehead atoms. The maximum absolute atomic E-state index is 12.2. The smallest absolute Gasteiger partial charge is 0.319 e. The number of methoxy groups -OCH3 is 1. The van der Waals surface area contributed by atoms with E-state index in [1.54, 1.807) is 25.3 Å². The second kappa shape index (κ2) is 9.11. The summed E-state index contributed by atoms with van der Waals surface area (Å²) in [6.45, 7) is 5.77. The molecule has 0 saturated carbocycles. The first-order valence-electron chi connectivity index (χ1n) is 9.20. The Kier molecular flexibility index (Phi) is 6.58. The molecule has 2 aromatic rings. The van der Waals surface area contributed by atoms with Crippen molar-refractivity contribution >= 4 is 23.3 Å². The molecule has 0 radical (unpaired) electrons. The predicted octanol–water partition coefficient (Wildman–Crippen LogP) is 4.30. The van der Waals surface area contributed by atoms with Gasteiger partial charge in [-0.2, -0.15) is 0 Å². The molecule has 0 unspecified atom stereocenters. The number of nitrogens with one attached hydrogen (secondary N) is 2. The molecule has 3 rings (SSSR count). The Morgan fingerprint density at radius 1 is 1.26 bits per heavy atom. The van der Waals surface area contributed by atoms with Gasteiger partial charge < -0.3 is 15.4 Å². The van der Waals surface area contributed by atoms with E-state index in [0.29, 0.717) is 28.9 Å². The third-order valence-corrected chi connectivity index (χ3v) is 5.09. The van der Waals surface area contributed by atoms with Crippen LogP contribution in [0.5, 0.6) is 5.75 Å². The number of halogens is 1. The molecular weight excluding hydrogens is 362 g/mol. The number of likely N-dealkylation sites (tertiary alicyclic amines) is 1. The van der Waals surface area contributed by atoms with E-state index in [1.807, 2.05) is 0 Å². The first-order chi connectivity index (χ1) is 13.0. The average Bonchev–Trinajstić information content (AvgIpc) is 3.10. The van der Waals surface area contributed by atoms with Crippen molar-refractivity contribution in [1.82, 2.24) is 10.2 Å². The first kappa shape index (κ1) is 19.5. The Morgan fingerprint density at radius 2 is 2.04 bits per heavy atom. The number of hydrogen-bond donors (Lipinski definition) is 2. The van der Waals surface area contributed by atoms with Crippen LogP contribution in [0.4, 0.5) is 10.5 Å². The van der Waals surface area contributed by atoms with Crippen molar-refractivity contribution in [2.45, 2.75) is 19.9 Å². The summed E-state index contributed by atoms with van der Waals surface area (Å²) in [5, 5.41) is 6.32. The summed E-state index contributed by atoms with van der Waals surface area (Å²) < 4.78 is 5.25. The van der Waals surface area contributed by atoms with Gasteiger partial charge in [0.05, 0.1) is 12.8 Å². The zero-order valence-electron chi connectivity index (χ0n) is 15.8. The van der Waals surface area contributed by atoms with Gasteiger partial charge in [0.2, 0.25) is 0 Å². The van der Waals surface area contributed by atoms with Crippen molar-refractivity contribution < 1.29 is 9.53 Å². The van der Waals surface area contributed by atoms with Crippen LogP contribution in [-0.2, 0) is 6.54 Å². The zero-order valence-corrected chi connectivity index (χ0v) is 16.6. The number of amides is 2. The molecule has 1 heterocycles. The van der Waals surface area contributed by atoms with Gasteiger partial charge in [0.15, 0.2) is 0 Å². The molecular formula is C21H26ClN3O2. The van der Waals surface area contributed by atoms with Crippen molar-refractivity contribution in [2.75, 3.05) is 32.1 Å². The highest BCUT2D eigenvalue weighted by Gasteiger charge is 2.23. The largest absolute Gasteiger partial charge is 0.495 e. The minimum atomic E-state index is -0.243. The Balaban J connectivity index is 1.44. The van der Waals surface area contributed by atoms with E-state index in [9.17, 15) is 4.79 Å². The normalized spacial score (nSPS) is 16.9. The third kappa shape index (κ3) is 5.62. The summed E-state index contributed by atoms with van der Waals surface area (Å²) in [4.78, 5) is 14.7. The molecule has 1 aliphatic heterocycles. The van der Waals surface area contributed by atoms with Crippen LogP contribution in [0.25, 0.3) is 0 Å². The topological polar surface area (TPSA) is 53.6 Å². The summed E-state index contributed by atoms with van der Waals surface area (Å²) >= 11 is 6.00. The number of hydrogen-bond acceptors (Lipinski definition) is 3. The van der Waals surface area contributed by atoms with Gasteiger partial charge in [-0.3, -0.25) is 4.90 Å². The van der Waals surface area contributed by atoms with Crippen LogP contribution in [-0.4, -0.2) is 37.7 Å².